The number of aromatic amines is 1. The molecule has 6 nitrogen and oxygen atoms in total. The normalized spacial score (nSPS) is 21.9. The maximum atomic E-state index is 12.7. The zero-order chi connectivity index (χ0) is 15.7. The number of rotatable bonds is 3. The summed E-state index contributed by atoms with van der Waals surface area (Å²) in [7, 11) is 1.76. The lowest BCUT2D eigenvalue weighted by atomic mass is 9.81. The third-order valence-electron chi connectivity index (χ3n) is 4.21. The lowest BCUT2D eigenvalue weighted by molar-refractivity contribution is -0.141. The minimum absolute atomic E-state index is 0.0905. The van der Waals surface area contributed by atoms with Crippen molar-refractivity contribution < 1.29 is 4.79 Å². The SMILES string of the molecule is CN(Cc1nc2ccsc2c(=O)[nH]1)C(=O)C1(C)CCCNC1. The van der Waals surface area contributed by atoms with Crippen LogP contribution in [0.2, 0.25) is 0 Å². The number of carbonyl (C=O) groups excluding carboxylic acids is 1. The number of carbonyl (C=O) groups is 1. The monoisotopic (exact) mass is 320 g/mol. The van der Waals surface area contributed by atoms with Gasteiger partial charge in [0.25, 0.3) is 5.56 Å². The van der Waals surface area contributed by atoms with E-state index in [1.54, 1.807) is 11.9 Å². The smallest absolute Gasteiger partial charge is 0.268 e. The van der Waals surface area contributed by atoms with Gasteiger partial charge in [-0.1, -0.05) is 0 Å². The van der Waals surface area contributed by atoms with Crippen LogP contribution in [0.25, 0.3) is 10.2 Å². The number of thiophene rings is 1. The minimum Gasteiger partial charge on any atom is -0.338 e. The minimum atomic E-state index is -0.375. The molecule has 1 aliphatic heterocycles. The second-order valence-corrected chi connectivity index (χ2v) is 7.07. The molecule has 3 heterocycles. The Morgan fingerprint density at radius 2 is 2.36 bits per heavy atom. The quantitative estimate of drug-likeness (QED) is 0.894. The van der Waals surface area contributed by atoms with Gasteiger partial charge in [-0.3, -0.25) is 9.59 Å². The molecule has 7 heteroatoms. The van der Waals surface area contributed by atoms with Gasteiger partial charge >= 0.3 is 0 Å². The van der Waals surface area contributed by atoms with Crippen LogP contribution in [0.4, 0.5) is 0 Å². The molecular weight excluding hydrogens is 300 g/mol. The number of piperidine rings is 1. The lowest BCUT2D eigenvalue weighted by Gasteiger charge is -2.35. The Hall–Kier alpha value is -1.73. The van der Waals surface area contributed by atoms with Gasteiger partial charge in [0.15, 0.2) is 0 Å². The van der Waals surface area contributed by atoms with Crippen molar-refractivity contribution >= 4 is 27.5 Å². The maximum absolute atomic E-state index is 12.7. The Bertz CT molecular complexity index is 745. The fourth-order valence-corrected chi connectivity index (χ4v) is 3.72. The van der Waals surface area contributed by atoms with Gasteiger partial charge in [0.1, 0.15) is 10.5 Å². The summed E-state index contributed by atoms with van der Waals surface area (Å²) in [4.78, 5) is 33.5. The zero-order valence-electron chi connectivity index (χ0n) is 12.8. The molecule has 0 radical (unpaired) electrons. The molecule has 1 saturated heterocycles. The first kappa shape index (κ1) is 15.2. The summed E-state index contributed by atoms with van der Waals surface area (Å²) in [5.41, 5.74) is 0.177. The summed E-state index contributed by atoms with van der Waals surface area (Å²) in [6.45, 7) is 3.98. The van der Waals surface area contributed by atoms with E-state index in [9.17, 15) is 9.59 Å². The van der Waals surface area contributed by atoms with E-state index < -0.39 is 0 Å². The summed E-state index contributed by atoms with van der Waals surface area (Å²) >= 11 is 1.37. The number of nitrogens with zero attached hydrogens (tertiary/aromatic N) is 2. The number of hydrogen-bond donors (Lipinski definition) is 2. The Labute approximate surface area is 132 Å². The predicted octanol–water partition coefficient (Wildman–Crippen LogP) is 1.33. The Morgan fingerprint density at radius 3 is 3.09 bits per heavy atom. The molecule has 1 amide bonds. The number of hydrogen-bond acceptors (Lipinski definition) is 5. The second kappa shape index (κ2) is 5.81. The second-order valence-electron chi connectivity index (χ2n) is 6.15. The molecule has 0 spiro atoms. The number of nitrogens with one attached hydrogen (secondary N) is 2. The molecule has 1 fully saturated rings. The van der Waals surface area contributed by atoms with Crippen molar-refractivity contribution in [2.75, 3.05) is 20.1 Å². The van der Waals surface area contributed by atoms with Crippen molar-refractivity contribution in [3.05, 3.63) is 27.6 Å². The van der Waals surface area contributed by atoms with Crippen LogP contribution in [0.15, 0.2) is 16.2 Å². The van der Waals surface area contributed by atoms with E-state index >= 15 is 0 Å². The first-order chi connectivity index (χ1) is 10.5. The molecule has 22 heavy (non-hydrogen) atoms. The van der Waals surface area contributed by atoms with Gasteiger partial charge in [0.05, 0.1) is 17.5 Å². The standard InChI is InChI=1S/C15H20N4O2S/c1-15(5-3-6-16-9-15)14(21)19(2)8-11-17-10-4-7-22-12(10)13(20)18-11/h4,7,16H,3,5-6,8-9H2,1-2H3,(H,17,18,20). The third kappa shape index (κ3) is 2.78. The molecule has 0 saturated carbocycles. The summed E-state index contributed by atoms with van der Waals surface area (Å²) in [6.07, 6.45) is 1.89. The van der Waals surface area contributed by atoms with Gasteiger partial charge in [-0.25, -0.2) is 4.98 Å². The molecule has 2 aromatic heterocycles. The Balaban J connectivity index is 1.78. The van der Waals surface area contributed by atoms with Gasteiger partial charge < -0.3 is 15.2 Å². The van der Waals surface area contributed by atoms with Crippen molar-refractivity contribution in [2.45, 2.75) is 26.3 Å². The molecule has 3 rings (SSSR count). The van der Waals surface area contributed by atoms with Crippen molar-refractivity contribution in [1.29, 1.82) is 0 Å². The Kier molecular flexibility index (Phi) is 4.01. The Morgan fingerprint density at radius 1 is 1.55 bits per heavy atom. The number of H-pyrrole nitrogens is 1. The summed E-state index contributed by atoms with van der Waals surface area (Å²) in [6, 6.07) is 1.83. The molecule has 2 aromatic rings. The fraction of sp³-hybridized carbons (Fsp3) is 0.533. The first-order valence-electron chi connectivity index (χ1n) is 7.42. The highest BCUT2D eigenvalue weighted by atomic mass is 32.1. The van der Waals surface area contributed by atoms with E-state index in [1.165, 1.54) is 11.3 Å². The van der Waals surface area contributed by atoms with Gasteiger partial charge in [0, 0.05) is 13.6 Å². The zero-order valence-corrected chi connectivity index (χ0v) is 13.6. The van der Waals surface area contributed by atoms with Crippen LogP contribution in [0.5, 0.6) is 0 Å². The molecule has 0 aromatic carbocycles. The van der Waals surface area contributed by atoms with Crippen LogP contribution in [-0.2, 0) is 11.3 Å². The molecule has 0 aliphatic carbocycles. The van der Waals surface area contributed by atoms with E-state index in [0.717, 1.165) is 19.4 Å². The van der Waals surface area contributed by atoms with Crippen LogP contribution in [0, 0.1) is 5.41 Å². The average molecular weight is 320 g/mol. The van der Waals surface area contributed by atoms with E-state index in [0.29, 0.717) is 29.1 Å². The van der Waals surface area contributed by atoms with E-state index in [1.807, 2.05) is 18.4 Å². The third-order valence-corrected chi connectivity index (χ3v) is 5.11. The molecule has 1 unspecified atom stereocenters. The maximum Gasteiger partial charge on any atom is 0.268 e. The molecule has 1 atom stereocenters. The van der Waals surface area contributed by atoms with Gasteiger partial charge in [-0.05, 0) is 37.8 Å². The molecule has 2 N–H and O–H groups in total. The van der Waals surface area contributed by atoms with Crippen LogP contribution < -0.4 is 10.9 Å². The van der Waals surface area contributed by atoms with Crippen LogP contribution in [0.3, 0.4) is 0 Å². The van der Waals surface area contributed by atoms with Crippen molar-refractivity contribution in [3.8, 4) is 0 Å². The fourth-order valence-electron chi connectivity index (χ4n) is 2.99. The van der Waals surface area contributed by atoms with Crippen molar-refractivity contribution in [1.82, 2.24) is 20.2 Å². The van der Waals surface area contributed by atoms with Crippen molar-refractivity contribution in [2.24, 2.45) is 5.41 Å². The van der Waals surface area contributed by atoms with E-state index in [2.05, 4.69) is 15.3 Å². The highest BCUT2D eigenvalue weighted by molar-refractivity contribution is 7.17. The summed E-state index contributed by atoms with van der Waals surface area (Å²) in [5, 5.41) is 5.13. The average Bonchev–Trinajstić information content (AvgIpc) is 2.96. The summed E-state index contributed by atoms with van der Waals surface area (Å²) in [5.74, 6) is 0.617. The largest absolute Gasteiger partial charge is 0.338 e. The van der Waals surface area contributed by atoms with Crippen LogP contribution >= 0.6 is 11.3 Å². The molecular formula is C15H20N4O2S. The van der Waals surface area contributed by atoms with Gasteiger partial charge in [-0.15, -0.1) is 11.3 Å². The van der Waals surface area contributed by atoms with Crippen LogP contribution in [0.1, 0.15) is 25.6 Å². The number of fused-ring (bicyclic) bond motifs is 1. The number of aromatic nitrogens is 2. The lowest BCUT2D eigenvalue weighted by Crippen LogP contribution is -2.49. The first-order valence-corrected chi connectivity index (χ1v) is 8.30. The van der Waals surface area contributed by atoms with Crippen molar-refractivity contribution in [3.63, 3.8) is 0 Å². The van der Waals surface area contributed by atoms with E-state index in [4.69, 9.17) is 0 Å². The molecule has 0 bridgehead atoms. The molecule has 118 valence electrons. The highest BCUT2D eigenvalue weighted by Gasteiger charge is 2.36. The van der Waals surface area contributed by atoms with E-state index in [-0.39, 0.29) is 16.9 Å². The molecule has 1 aliphatic rings. The van der Waals surface area contributed by atoms with Gasteiger partial charge in [0.2, 0.25) is 5.91 Å². The predicted molar refractivity (Wildman–Crippen MR) is 86.9 cm³/mol. The number of amides is 1. The topological polar surface area (TPSA) is 78.1 Å². The highest BCUT2D eigenvalue weighted by Crippen LogP contribution is 2.28. The van der Waals surface area contributed by atoms with Crippen LogP contribution in [-0.4, -0.2) is 40.9 Å². The summed E-state index contributed by atoms with van der Waals surface area (Å²) < 4.78 is 0.626. The van der Waals surface area contributed by atoms with Gasteiger partial charge in [-0.2, -0.15) is 0 Å².